The number of aryl methyl sites for hydroxylation is 1. The maximum Gasteiger partial charge on any atom is 0.255 e. The van der Waals surface area contributed by atoms with Gasteiger partial charge in [-0.1, -0.05) is 0 Å². The van der Waals surface area contributed by atoms with E-state index in [-0.39, 0.29) is 11.6 Å². The molecule has 1 saturated heterocycles. The highest BCUT2D eigenvalue weighted by molar-refractivity contribution is 5.34. The van der Waals surface area contributed by atoms with Gasteiger partial charge < -0.3 is 10.6 Å². The molecule has 0 saturated carbocycles. The van der Waals surface area contributed by atoms with Crippen molar-refractivity contribution in [1.29, 1.82) is 0 Å². The fourth-order valence-electron chi connectivity index (χ4n) is 1.76. The third-order valence-electron chi connectivity index (χ3n) is 2.91. The highest BCUT2D eigenvalue weighted by atomic mass is 16.1. The SMILES string of the molecule is Cc1nc(N2CCC(N)C2)[nH]c(=O)c1C. The molecule has 0 bridgehead atoms. The van der Waals surface area contributed by atoms with Crippen LogP contribution in [0, 0.1) is 13.8 Å². The molecule has 2 rings (SSSR count). The van der Waals surface area contributed by atoms with Gasteiger partial charge in [-0.3, -0.25) is 9.78 Å². The summed E-state index contributed by atoms with van der Waals surface area (Å²) >= 11 is 0. The van der Waals surface area contributed by atoms with Crippen molar-refractivity contribution in [2.24, 2.45) is 5.73 Å². The van der Waals surface area contributed by atoms with Gasteiger partial charge in [-0.2, -0.15) is 0 Å². The summed E-state index contributed by atoms with van der Waals surface area (Å²) in [5, 5.41) is 0. The van der Waals surface area contributed by atoms with E-state index in [9.17, 15) is 4.79 Å². The zero-order valence-corrected chi connectivity index (χ0v) is 9.08. The summed E-state index contributed by atoms with van der Waals surface area (Å²) in [4.78, 5) is 20.7. The first-order valence-electron chi connectivity index (χ1n) is 5.16. The van der Waals surface area contributed by atoms with Crippen molar-refractivity contribution < 1.29 is 0 Å². The highest BCUT2D eigenvalue weighted by Gasteiger charge is 2.21. The number of hydrogen-bond acceptors (Lipinski definition) is 4. The number of aromatic amines is 1. The van der Waals surface area contributed by atoms with Crippen LogP contribution >= 0.6 is 0 Å². The molecule has 82 valence electrons. The molecule has 1 atom stereocenters. The van der Waals surface area contributed by atoms with E-state index in [1.54, 1.807) is 6.92 Å². The van der Waals surface area contributed by atoms with Gasteiger partial charge in [0.25, 0.3) is 5.56 Å². The van der Waals surface area contributed by atoms with E-state index in [1.807, 2.05) is 11.8 Å². The lowest BCUT2D eigenvalue weighted by atomic mass is 10.3. The second kappa shape index (κ2) is 3.66. The largest absolute Gasteiger partial charge is 0.341 e. The highest BCUT2D eigenvalue weighted by Crippen LogP contribution is 2.14. The van der Waals surface area contributed by atoms with Crippen molar-refractivity contribution >= 4 is 5.95 Å². The molecule has 1 unspecified atom stereocenters. The van der Waals surface area contributed by atoms with Crippen LogP contribution in [0.4, 0.5) is 5.95 Å². The second-order valence-corrected chi connectivity index (χ2v) is 4.09. The molecule has 3 N–H and O–H groups in total. The van der Waals surface area contributed by atoms with Gasteiger partial charge >= 0.3 is 0 Å². The molecule has 0 spiro atoms. The smallest absolute Gasteiger partial charge is 0.255 e. The maximum absolute atomic E-state index is 11.5. The van der Waals surface area contributed by atoms with E-state index in [0.29, 0.717) is 11.5 Å². The van der Waals surface area contributed by atoms with Crippen LogP contribution in [0.3, 0.4) is 0 Å². The molecule has 5 heteroatoms. The molecule has 1 aliphatic rings. The molecule has 5 nitrogen and oxygen atoms in total. The summed E-state index contributed by atoms with van der Waals surface area (Å²) < 4.78 is 0. The van der Waals surface area contributed by atoms with Crippen molar-refractivity contribution in [3.63, 3.8) is 0 Å². The van der Waals surface area contributed by atoms with Crippen molar-refractivity contribution in [3.05, 3.63) is 21.6 Å². The lowest BCUT2D eigenvalue weighted by Gasteiger charge is -2.16. The predicted octanol–water partition coefficient (Wildman–Crippen LogP) is -0.0759. The van der Waals surface area contributed by atoms with Crippen LogP contribution in [0.2, 0.25) is 0 Å². The first kappa shape index (κ1) is 10.2. The minimum absolute atomic E-state index is 0.0574. The van der Waals surface area contributed by atoms with Crippen LogP contribution in [0.5, 0.6) is 0 Å². The third-order valence-corrected chi connectivity index (χ3v) is 2.91. The summed E-state index contributed by atoms with van der Waals surface area (Å²) in [7, 11) is 0. The number of hydrogen-bond donors (Lipinski definition) is 2. The van der Waals surface area contributed by atoms with Gasteiger partial charge in [-0.15, -0.1) is 0 Å². The van der Waals surface area contributed by atoms with E-state index in [0.717, 1.165) is 25.2 Å². The summed E-state index contributed by atoms with van der Waals surface area (Å²) in [5.41, 5.74) is 7.22. The molecule has 0 aliphatic carbocycles. The molecule has 2 heterocycles. The Balaban J connectivity index is 2.34. The summed E-state index contributed by atoms with van der Waals surface area (Å²) in [6.45, 7) is 5.27. The van der Waals surface area contributed by atoms with E-state index in [2.05, 4.69) is 9.97 Å². The summed E-state index contributed by atoms with van der Waals surface area (Å²) in [6, 6.07) is 0.192. The lowest BCUT2D eigenvalue weighted by molar-refractivity contribution is 0.749. The monoisotopic (exact) mass is 208 g/mol. The first-order chi connectivity index (χ1) is 7.08. The van der Waals surface area contributed by atoms with Gasteiger partial charge in [0, 0.05) is 30.4 Å². The molecule has 0 radical (unpaired) electrons. The topological polar surface area (TPSA) is 75.0 Å². The fraction of sp³-hybridized carbons (Fsp3) is 0.600. The lowest BCUT2D eigenvalue weighted by Crippen LogP contribution is -2.29. The minimum Gasteiger partial charge on any atom is -0.341 e. The van der Waals surface area contributed by atoms with Crippen LogP contribution in [0.25, 0.3) is 0 Å². The van der Waals surface area contributed by atoms with Gasteiger partial charge in [0.15, 0.2) is 0 Å². The molecule has 1 aromatic heterocycles. The Morgan fingerprint density at radius 1 is 1.53 bits per heavy atom. The molecule has 1 fully saturated rings. The molecular formula is C10H16N4O. The Bertz CT molecular complexity index is 426. The second-order valence-electron chi connectivity index (χ2n) is 4.09. The van der Waals surface area contributed by atoms with Gasteiger partial charge in [0.1, 0.15) is 0 Å². The van der Waals surface area contributed by atoms with Crippen molar-refractivity contribution in [2.45, 2.75) is 26.3 Å². The van der Waals surface area contributed by atoms with Crippen molar-refractivity contribution in [2.75, 3.05) is 18.0 Å². The van der Waals surface area contributed by atoms with E-state index in [4.69, 9.17) is 5.73 Å². The Morgan fingerprint density at radius 2 is 2.27 bits per heavy atom. The average molecular weight is 208 g/mol. The van der Waals surface area contributed by atoms with Crippen LogP contribution in [0.15, 0.2) is 4.79 Å². The van der Waals surface area contributed by atoms with E-state index < -0.39 is 0 Å². The molecule has 0 amide bonds. The number of rotatable bonds is 1. The number of H-pyrrole nitrogens is 1. The zero-order valence-electron chi connectivity index (χ0n) is 9.08. The number of aromatic nitrogens is 2. The Hall–Kier alpha value is -1.36. The number of nitrogens with one attached hydrogen (secondary N) is 1. The molecule has 0 aromatic carbocycles. The normalized spacial score (nSPS) is 21.0. The van der Waals surface area contributed by atoms with Crippen LogP contribution in [0.1, 0.15) is 17.7 Å². The maximum atomic E-state index is 11.5. The Morgan fingerprint density at radius 3 is 2.80 bits per heavy atom. The van der Waals surface area contributed by atoms with E-state index >= 15 is 0 Å². The molecule has 1 aliphatic heterocycles. The van der Waals surface area contributed by atoms with Crippen LogP contribution < -0.4 is 16.2 Å². The number of anilines is 1. The fourth-order valence-corrected chi connectivity index (χ4v) is 1.76. The zero-order chi connectivity index (χ0) is 11.0. The molecule has 1 aromatic rings. The van der Waals surface area contributed by atoms with Crippen LogP contribution in [-0.2, 0) is 0 Å². The van der Waals surface area contributed by atoms with Gasteiger partial charge in [-0.05, 0) is 20.3 Å². The van der Waals surface area contributed by atoms with Crippen molar-refractivity contribution in [1.82, 2.24) is 9.97 Å². The van der Waals surface area contributed by atoms with Gasteiger partial charge in [-0.25, -0.2) is 4.98 Å². The summed E-state index contributed by atoms with van der Waals surface area (Å²) in [5.74, 6) is 0.649. The number of nitrogens with zero attached hydrogens (tertiary/aromatic N) is 2. The Kier molecular flexibility index (Phi) is 2.48. The van der Waals surface area contributed by atoms with E-state index in [1.165, 1.54) is 0 Å². The predicted molar refractivity (Wildman–Crippen MR) is 59.1 cm³/mol. The summed E-state index contributed by atoms with van der Waals surface area (Å²) in [6.07, 6.45) is 0.955. The quantitative estimate of drug-likeness (QED) is 0.677. The number of nitrogens with two attached hydrogens (primary N) is 1. The Labute approximate surface area is 88.3 Å². The first-order valence-corrected chi connectivity index (χ1v) is 5.16. The van der Waals surface area contributed by atoms with Gasteiger partial charge in [0.2, 0.25) is 5.95 Å². The molecule has 15 heavy (non-hydrogen) atoms. The minimum atomic E-state index is -0.0574. The third kappa shape index (κ3) is 1.87. The standard InChI is InChI=1S/C10H16N4O/c1-6-7(2)12-10(13-9(6)15)14-4-3-8(11)5-14/h8H,3-5,11H2,1-2H3,(H,12,13,15). The van der Waals surface area contributed by atoms with Crippen molar-refractivity contribution in [3.8, 4) is 0 Å². The van der Waals surface area contributed by atoms with Gasteiger partial charge in [0.05, 0.1) is 0 Å². The molecular weight excluding hydrogens is 192 g/mol. The average Bonchev–Trinajstić information content (AvgIpc) is 2.60. The van der Waals surface area contributed by atoms with Crippen LogP contribution in [-0.4, -0.2) is 29.1 Å².